The van der Waals surface area contributed by atoms with E-state index in [2.05, 4.69) is 10.6 Å². The zero-order valence-electron chi connectivity index (χ0n) is 13.9. The van der Waals surface area contributed by atoms with Gasteiger partial charge in [0.05, 0.1) is 18.8 Å². The summed E-state index contributed by atoms with van der Waals surface area (Å²) in [5, 5.41) is 15.9. The van der Waals surface area contributed by atoms with E-state index in [9.17, 15) is 9.90 Å². The number of carbonyl (C=O) groups excluding carboxylic acids is 1. The van der Waals surface area contributed by atoms with Gasteiger partial charge in [-0.25, -0.2) is 4.79 Å². The molecule has 0 radical (unpaired) electrons. The summed E-state index contributed by atoms with van der Waals surface area (Å²) >= 11 is 0. The molecule has 1 aliphatic carbocycles. The van der Waals surface area contributed by atoms with Crippen molar-refractivity contribution >= 4 is 11.7 Å². The van der Waals surface area contributed by atoms with Gasteiger partial charge in [0.2, 0.25) is 0 Å². The molecule has 2 aromatic rings. The fourth-order valence-corrected chi connectivity index (χ4v) is 3.08. The molecular formula is C19H22N2O3. The maximum atomic E-state index is 12.3. The van der Waals surface area contributed by atoms with Gasteiger partial charge in [0, 0.05) is 12.1 Å². The van der Waals surface area contributed by atoms with Crippen LogP contribution in [0.2, 0.25) is 0 Å². The lowest BCUT2D eigenvalue weighted by molar-refractivity contribution is 0.144. The molecule has 0 bridgehead atoms. The number of urea groups is 1. The zero-order chi connectivity index (χ0) is 17.1. The molecule has 0 aliphatic heterocycles. The van der Waals surface area contributed by atoms with Gasteiger partial charge in [-0.15, -0.1) is 0 Å². The number of anilines is 1. The quantitative estimate of drug-likeness (QED) is 0.808. The van der Waals surface area contributed by atoms with E-state index in [-0.39, 0.29) is 12.1 Å². The third-order valence-corrected chi connectivity index (χ3v) is 4.25. The van der Waals surface area contributed by atoms with Gasteiger partial charge >= 0.3 is 6.03 Å². The molecule has 3 N–H and O–H groups in total. The predicted molar refractivity (Wildman–Crippen MR) is 93.4 cm³/mol. The molecule has 0 fully saturated rings. The number of aryl methyl sites for hydroxylation is 1. The Morgan fingerprint density at radius 3 is 2.83 bits per heavy atom. The summed E-state index contributed by atoms with van der Waals surface area (Å²) < 4.78 is 5.45. The second-order valence-electron chi connectivity index (χ2n) is 5.96. The van der Waals surface area contributed by atoms with Crippen molar-refractivity contribution in [2.75, 3.05) is 11.9 Å². The highest BCUT2D eigenvalue weighted by molar-refractivity contribution is 5.90. The van der Waals surface area contributed by atoms with Crippen LogP contribution < -0.4 is 15.4 Å². The summed E-state index contributed by atoms with van der Waals surface area (Å²) in [6.07, 6.45) is -0.0435. The molecule has 0 aromatic heterocycles. The first-order valence-corrected chi connectivity index (χ1v) is 8.15. The molecule has 0 saturated carbocycles. The minimum atomic E-state index is -0.602. The summed E-state index contributed by atoms with van der Waals surface area (Å²) in [6.45, 7) is 4.45. The Balaban J connectivity index is 1.68. The standard InChI is InChI=1S/C19H22N2O3/c1-3-24-14-8-9-16(12(2)10-14)20-19(23)21-18-15-7-5-4-6-13(15)11-17(18)22/h4-10,17-18,22H,3,11H2,1-2H3,(H2,20,21,23)/t17-,18+/m1/s1. The number of aliphatic hydroxyl groups is 1. The Kier molecular flexibility index (Phi) is 4.71. The van der Waals surface area contributed by atoms with Gasteiger partial charge in [0.1, 0.15) is 5.75 Å². The molecule has 0 unspecified atom stereocenters. The molecule has 0 spiro atoms. The van der Waals surface area contributed by atoms with E-state index in [1.807, 2.05) is 56.3 Å². The van der Waals surface area contributed by atoms with Gasteiger partial charge in [-0.2, -0.15) is 0 Å². The van der Waals surface area contributed by atoms with E-state index in [1.165, 1.54) is 0 Å². The van der Waals surface area contributed by atoms with Crippen LogP contribution in [0.25, 0.3) is 0 Å². The molecule has 1 aliphatic rings. The van der Waals surface area contributed by atoms with Crippen LogP contribution in [0.5, 0.6) is 5.75 Å². The average molecular weight is 326 g/mol. The number of amides is 2. The number of hydrogen-bond acceptors (Lipinski definition) is 3. The largest absolute Gasteiger partial charge is 0.494 e. The maximum absolute atomic E-state index is 12.3. The Bertz CT molecular complexity index is 745. The lowest BCUT2D eigenvalue weighted by Gasteiger charge is -2.19. The third-order valence-electron chi connectivity index (χ3n) is 4.25. The maximum Gasteiger partial charge on any atom is 0.319 e. The zero-order valence-corrected chi connectivity index (χ0v) is 13.9. The van der Waals surface area contributed by atoms with E-state index < -0.39 is 6.10 Å². The number of aliphatic hydroxyl groups excluding tert-OH is 1. The lowest BCUT2D eigenvalue weighted by Crippen LogP contribution is -2.36. The summed E-state index contributed by atoms with van der Waals surface area (Å²) in [7, 11) is 0. The van der Waals surface area contributed by atoms with E-state index in [0.717, 1.165) is 28.1 Å². The summed E-state index contributed by atoms with van der Waals surface area (Å²) in [5.74, 6) is 0.779. The summed E-state index contributed by atoms with van der Waals surface area (Å²) in [5.41, 5.74) is 3.69. The summed E-state index contributed by atoms with van der Waals surface area (Å²) in [6, 6.07) is 12.6. The van der Waals surface area contributed by atoms with Crippen LogP contribution in [0, 0.1) is 6.92 Å². The van der Waals surface area contributed by atoms with Gasteiger partial charge in [-0.3, -0.25) is 0 Å². The van der Waals surface area contributed by atoms with Crippen LogP contribution in [-0.4, -0.2) is 23.8 Å². The van der Waals surface area contributed by atoms with Crippen molar-refractivity contribution in [2.24, 2.45) is 0 Å². The highest BCUT2D eigenvalue weighted by Gasteiger charge is 2.31. The van der Waals surface area contributed by atoms with Crippen molar-refractivity contribution in [1.29, 1.82) is 0 Å². The topological polar surface area (TPSA) is 70.6 Å². The van der Waals surface area contributed by atoms with Crippen molar-refractivity contribution in [3.8, 4) is 5.75 Å². The first-order chi connectivity index (χ1) is 11.6. The number of ether oxygens (including phenoxy) is 1. The van der Waals surface area contributed by atoms with E-state index in [1.54, 1.807) is 0 Å². The van der Waals surface area contributed by atoms with Crippen molar-refractivity contribution < 1.29 is 14.6 Å². The first kappa shape index (κ1) is 16.3. The Hall–Kier alpha value is -2.53. The van der Waals surface area contributed by atoms with Crippen molar-refractivity contribution in [3.05, 3.63) is 59.2 Å². The normalized spacial score (nSPS) is 18.8. The van der Waals surface area contributed by atoms with Crippen LogP contribution in [0.1, 0.15) is 29.7 Å². The van der Waals surface area contributed by atoms with Crippen LogP contribution in [0.4, 0.5) is 10.5 Å². The molecule has 2 atom stereocenters. The van der Waals surface area contributed by atoms with Crippen LogP contribution in [0.15, 0.2) is 42.5 Å². The molecule has 2 amide bonds. The molecule has 126 valence electrons. The van der Waals surface area contributed by atoms with E-state index in [0.29, 0.717) is 13.0 Å². The molecule has 5 nitrogen and oxygen atoms in total. The Morgan fingerprint density at radius 1 is 1.29 bits per heavy atom. The number of fused-ring (bicyclic) bond motifs is 1. The van der Waals surface area contributed by atoms with Gasteiger partial charge in [0.25, 0.3) is 0 Å². The average Bonchev–Trinajstić information content (AvgIpc) is 2.86. The monoisotopic (exact) mass is 326 g/mol. The number of benzene rings is 2. The summed E-state index contributed by atoms with van der Waals surface area (Å²) in [4.78, 5) is 12.3. The number of carbonyl (C=O) groups is 1. The van der Waals surface area contributed by atoms with Gasteiger partial charge in [0.15, 0.2) is 0 Å². The van der Waals surface area contributed by atoms with Crippen molar-refractivity contribution in [3.63, 3.8) is 0 Å². The molecule has 3 rings (SSSR count). The molecule has 0 saturated heterocycles. The molecule has 2 aromatic carbocycles. The molecule has 0 heterocycles. The minimum absolute atomic E-state index is 0.331. The van der Waals surface area contributed by atoms with Crippen LogP contribution in [-0.2, 0) is 6.42 Å². The smallest absolute Gasteiger partial charge is 0.319 e. The predicted octanol–water partition coefficient (Wildman–Crippen LogP) is 3.17. The number of nitrogens with one attached hydrogen (secondary N) is 2. The Morgan fingerprint density at radius 2 is 2.08 bits per heavy atom. The second-order valence-corrected chi connectivity index (χ2v) is 5.96. The van der Waals surface area contributed by atoms with E-state index in [4.69, 9.17) is 4.74 Å². The minimum Gasteiger partial charge on any atom is -0.494 e. The first-order valence-electron chi connectivity index (χ1n) is 8.15. The fourth-order valence-electron chi connectivity index (χ4n) is 3.08. The van der Waals surface area contributed by atoms with Gasteiger partial charge < -0.3 is 20.5 Å². The molecule has 5 heteroatoms. The third kappa shape index (κ3) is 3.36. The molecular weight excluding hydrogens is 304 g/mol. The van der Waals surface area contributed by atoms with Crippen LogP contribution in [0.3, 0.4) is 0 Å². The van der Waals surface area contributed by atoms with E-state index >= 15 is 0 Å². The highest BCUT2D eigenvalue weighted by Crippen LogP contribution is 2.31. The van der Waals surface area contributed by atoms with Crippen molar-refractivity contribution in [2.45, 2.75) is 32.4 Å². The van der Waals surface area contributed by atoms with Crippen LogP contribution >= 0.6 is 0 Å². The Labute approximate surface area is 141 Å². The number of hydrogen-bond donors (Lipinski definition) is 3. The molecule has 24 heavy (non-hydrogen) atoms. The lowest BCUT2D eigenvalue weighted by atomic mass is 10.1. The SMILES string of the molecule is CCOc1ccc(NC(=O)N[C@H]2c3ccccc3C[C@H]2O)c(C)c1. The van der Waals surface area contributed by atoms with Gasteiger partial charge in [-0.05, 0) is 48.7 Å². The number of rotatable bonds is 4. The second kappa shape index (κ2) is 6.93. The fraction of sp³-hybridized carbons (Fsp3) is 0.316. The highest BCUT2D eigenvalue weighted by atomic mass is 16.5. The van der Waals surface area contributed by atoms with Gasteiger partial charge in [-0.1, -0.05) is 24.3 Å². The van der Waals surface area contributed by atoms with Crippen molar-refractivity contribution in [1.82, 2.24) is 5.32 Å².